The number of rotatable bonds is 6. The Hall–Kier alpha value is -1.31. The lowest BCUT2D eigenvalue weighted by atomic mass is 10.1. The fraction of sp³-hybridized carbons (Fsp3) is 0.429. The molecule has 0 aliphatic heterocycles. The van der Waals surface area contributed by atoms with Crippen LogP contribution < -0.4 is 5.32 Å². The molecule has 0 saturated carbocycles. The van der Waals surface area contributed by atoms with Crippen LogP contribution in [0.1, 0.15) is 17.4 Å². The van der Waals surface area contributed by atoms with Crippen LogP contribution in [0.2, 0.25) is 0 Å². The average Bonchev–Trinajstić information content (AvgIpc) is 2.81. The minimum absolute atomic E-state index is 0.148. The van der Waals surface area contributed by atoms with Crippen molar-refractivity contribution in [1.29, 1.82) is 0 Å². The van der Waals surface area contributed by atoms with Crippen molar-refractivity contribution in [2.45, 2.75) is 12.6 Å². The third-order valence-corrected chi connectivity index (χ3v) is 3.81. The highest BCUT2D eigenvalue weighted by atomic mass is 79.9. The van der Waals surface area contributed by atoms with Gasteiger partial charge in [0.15, 0.2) is 0 Å². The van der Waals surface area contributed by atoms with Crippen molar-refractivity contribution in [3.05, 3.63) is 46.2 Å². The number of pyridine rings is 1. The smallest absolute Gasteiger partial charge is 0.141 e. The van der Waals surface area contributed by atoms with Gasteiger partial charge in [-0.1, -0.05) is 0 Å². The van der Waals surface area contributed by atoms with Crippen molar-refractivity contribution in [3.63, 3.8) is 0 Å². The second-order valence-corrected chi connectivity index (χ2v) is 5.88. The molecular formula is C14H19BrFN5. The topological polar surface area (TPSA) is 46.0 Å². The van der Waals surface area contributed by atoms with E-state index in [2.05, 4.69) is 36.2 Å². The third kappa shape index (κ3) is 3.87. The SMILES string of the molecule is CNC(c1ccc(F)cn1)c1c(Br)cnn1CCN(C)C. The van der Waals surface area contributed by atoms with E-state index in [4.69, 9.17) is 0 Å². The Bertz CT molecular complexity index is 582. The number of aromatic nitrogens is 3. The van der Waals surface area contributed by atoms with Gasteiger partial charge in [0.25, 0.3) is 0 Å². The fourth-order valence-corrected chi connectivity index (χ4v) is 2.64. The molecule has 0 bridgehead atoms. The molecule has 0 radical (unpaired) electrons. The molecule has 2 aromatic rings. The molecule has 21 heavy (non-hydrogen) atoms. The van der Waals surface area contributed by atoms with Gasteiger partial charge in [-0.25, -0.2) is 4.39 Å². The van der Waals surface area contributed by atoms with Crippen LogP contribution in [0.4, 0.5) is 4.39 Å². The van der Waals surface area contributed by atoms with Gasteiger partial charge < -0.3 is 10.2 Å². The Morgan fingerprint density at radius 1 is 1.38 bits per heavy atom. The molecule has 114 valence electrons. The largest absolute Gasteiger partial charge is 0.308 e. The minimum atomic E-state index is -0.339. The first-order chi connectivity index (χ1) is 10.0. The molecule has 0 aromatic carbocycles. The van der Waals surface area contributed by atoms with Gasteiger partial charge >= 0.3 is 0 Å². The Balaban J connectivity index is 2.33. The highest BCUT2D eigenvalue weighted by Crippen LogP contribution is 2.27. The van der Waals surface area contributed by atoms with Gasteiger partial charge in [0.1, 0.15) is 5.82 Å². The standard InChI is InChI=1S/C14H19BrFN5/c1-17-13(12-5-4-10(16)8-18-12)14-11(15)9-19-21(14)7-6-20(2)3/h4-5,8-9,13,17H,6-7H2,1-3H3. The van der Waals surface area contributed by atoms with Crippen LogP contribution in [0.5, 0.6) is 0 Å². The summed E-state index contributed by atoms with van der Waals surface area (Å²) >= 11 is 3.54. The maximum atomic E-state index is 13.0. The summed E-state index contributed by atoms with van der Waals surface area (Å²) in [5.74, 6) is -0.339. The summed E-state index contributed by atoms with van der Waals surface area (Å²) in [5.41, 5.74) is 1.74. The van der Waals surface area contributed by atoms with E-state index in [1.165, 1.54) is 12.3 Å². The second kappa shape index (κ2) is 7.11. The van der Waals surface area contributed by atoms with Crippen molar-refractivity contribution >= 4 is 15.9 Å². The molecule has 5 nitrogen and oxygen atoms in total. The van der Waals surface area contributed by atoms with Gasteiger partial charge in [0, 0.05) is 6.54 Å². The van der Waals surface area contributed by atoms with Gasteiger partial charge in [0.05, 0.1) is 40.8 Å². The highest BCUT2D eigenvalue weighted by molar-refractivity contribution is 9.10. The molecule has 2 rings (SSSR count). The second-order valence-electron chi connectivity index (χ2n) is 5.03. The molecule has 0 aliphatic carbocycles. The summed E-state index contributed by atoms with van der Waals surface area (Å²) in [6.07, 6.45) is 3.01. The monoisotopic (exact) mass is 355 g/mol. The number of likely N-dealkylation sites (N-methyl/N-ethyl adjacent to an activating group) is 1. The Kier molecular flexibility index (Phi) is 5.44. The first-order valence-corrected chi connectivity index (χ1v) is 7.47. The van der Waals surface area contributed by atoms with Crippen molar-refractivity contribution < 1.29 is 4.39 Å². The zero-order valence-electron chi connectivity index (χ0n) is 12.3. The van der Waals surface area contributed by atoms with Crippen LogP contribution in [-0.4, -0.2) is 47.4 Å². The molecular weight excluding hydrogens is 337 g/mol. The van der Waals surface area contributed by atoms with Crippen LogP contribution in [0.15, 0.2) is 29.0 Å². The molecule has 0 spiro atoms. The molecule has 0 saturated heterocycles. The molecule has 0 amide bonds. The van der Waals surface area contributed by atoms with Gasteiger partial charge in [-0.15, -0.1) is 0 Å². The Morgan fingerprint density at radius 2 is 2.14 bits per heavy atom. The summed E-state index contributed by atoms with van der Waals surface area (Å²) < 4.78 is 15.9. The zero-order chi connectivity index (χ0) is 15.4. The Labute approximate surface area is 132 Å². The summed E-state index contributed by atoms with van der Waals surface area (Å²) in [4.78, 5) is 6.27. The lowest BCUT2D eigenvalue weighted by Gasteiger charge is -2.19. The summed E-state index contributed by atoms with van der Waals surface area (Å²) in [6, 6.07) is 2.96. The van der Waals surface area contributed by atoms with E-state index in [0.717, 1.165) is 29.0 Å². The van der Waals surface area contributed by atoms with E-state index in [1.807, 2.05) is 25.8 Å². The number of hydrogen-bond donors (Lipinski definition) is 1. The molecule has 0 aliphatic rings. The van der Waals surface area contributed by atoms with Gasteiger partial charge in [-0.05, 0) is 49.2 Å². The predicted molar refractivity (Wildman–Crippen MR) is 83.6 cm³/mol. The van der Waals surface area contributed by atoms with E-state index >= 15 is 0 Å². The highest BCUT2D eigenvalue weighted by Gasteiger charge is 2.21. The van der Waals surface area contributed by atoms with Crippen LogP contribution in [-0.2, 0) is 6.54 Å². The molecule has 1 unspecified atom stereocenters. The van der Waals surface area contributed by atoms with Crippen molar-refractivity contribution in [2.24, 2.45) is 0 Å². The zero-order valence-corrected chi connectivity index (χ0v) is 13.9. The molecule has 0 fully saturated rings. The summed E-state index contributed by atoms with van der Waals surface area (Å²) in [5, 5.41) is 7.62. The van der Waals surface area contributed by atoms with Gasteiger partial charge in [-0.3, -0.25) is 9.67 Å². The van der Waals surface area contributed by atoms with E-state index in [9.17, 15) is 4.39 Å². The molecule has 1 N–H and O–H groups in total. The number of hydrogen-bond acceptors (Lipinski definition) is 4. The first kappa shape index (κ1) is 16.1. The quantitative estimate of drug-likeness (QED) is 0.861. The lowest BCUT2D eigenvalue weighted by Crippen LogP contribution is -2.26. The van der Waals surface area contributed by atoms with Gasteiger partial charge in [-0.2, -0.15) is 5.10 Å². The summed E-state index contributed by atoms with van der Waals surface area (Å²) in [6.45, 7) is 1.65. The molecule has 7 heteroatoms. The van der Waals surface area contributed by atoms with E-state index < -0.39 is 0 Å². The lowest BCUT2D eigenvalue weighted by molar-refractivity contribution is 0.366. The van der Waals surface area contributed by atoms with Crippen LogP contribution >= 0.6 is 15.9 Å². The van der Waals surface area contributed by atoms with Crippen LogP contribution in [0.3, 0.4) is 0 Å². The van der Waals surface area contributed by atoms with Gasteiger partial charge in [0.2, 0.25) is 0 Å². The number of halogens is 2. The van der Waals surface area contributed by atoms with Crippen molar-refractivity contribution in [2.75, 3.05) is 27.7 Å². The average molecular weight is 356 g/mol. The van der Waals surface area contributed by atoms with E-state index in [0.29, 0.717) is 0 Å². The number of nitrogens with zero attached hydrogens (tertiary/aromatic N) is 4. The molecule has 2 aromatic heterocycles. The third-order valence-electron chi connectivity index (χ3n) is 3.20. The summed E-state index contributed by atoms with van der Waals surface area (Å²) in [7, 11) is 5.90. The van der Waals surface area contributed by atoms with Crippen molar-refractivity contribution in [1.82, 2.24) is 25.0 Å². The molecule has 2 heterocycles. The van der Waals surface area contributed by atoms with E-state index in [1.54, 1.807) is 12.3 Å². The van der Waals surface area contributed by atoms with E-state index in [-0.39, 0.29) is 11.9 Å². The fourth-order valence-electron chi connectivity index (χ4n) is 2.11. The normalized spacial score (nSPS) is 12.9. The Morgan fingerprint density at radius 3 is 2.71 bits per heavy atom. The first-order valence-electron chi connectivity index (χ1n) is 6.67. The van der Waals surface area contributed by atoms with Crippen LogP contribution in [0.25, 0.3) is 0 Å². The molecule has 1 atom stereocenters. The maximum Gasteiger partial charge on any atom is 0.141 e. The minimum Gasteiger partial charge on any atom is -0.308 e. The maximum absolute atomic E-state index is 13.0. The van der Waals surface area contributed by atoms with Crippen LogP contribution in [0, 0.1) is 5.82 Å². The van der Waals surface area contributed by atoms with Crippen molar-refractivity contribution in [3.8, 4) is 0 Å². The predicted octanol–water partition coefficient (Wildman–Crippen LogP) is 2.05. The number of nitrogens with one attached hydrogen (secondary N) is 1.